The molecule has 1 N–H and O–H groups in total. The van der Waals surface area contributed by atoms with Crippen LogP contribution in [-0.4, -0.2) is 50.0 Å². The van der Waals surface area contributed by atoms with Crippen LogP contribution in [0.15, 0.2) is 42.5 Å². The molecule has 0 aliphatic heterocycles. The second kappa shape index (κ2) is 11.7. The van der Waals surface area contributed by atoms with E-state index in [0.717, 1.165) is 21.7 Å². The quantitative estimate of drug-likeness (QED) is 0.525. The summed E-state index contributed by atoms with van der Waals surface area (Å²) in [4.78, 5) is 28.1. The van der Waals surface area contributed by atoms with Crippen LogP contribution in [-0.2, 0) is 26.2 Å². The minimum Gasteiger partial charge on any atom is -0.352 e. The number of nitrogens with one attached hydrogen (secondary N) is 1. The molecule has 34 heavy (non-hydrogen) atoms. The number of hydrogen-bond acceptors (Lipinski definition) is 4. The van der Waals surface area contributed by atoms with E-state index in [1.807, 2.05) is 39.8 Å². The topological polar surface area (TPSA) is 86.8 Å². The van der Waals surface area contributed by atoms with Crippen molar-refractivity contribution < 1.29 is 18.0 Å². The molecule has 9 heteroatoms. The van der Waals surface area contributed by atoms with Gasteiger partial charge in [-0.05, 0) is 62.9 Å². The molecule has 2 rings (SSSR count). The second-order valence-electron chi connectivity index (χ2n) is 8.76. The Morgan fingerprint density at radius 3 is 2.29 bits per heavy atom. The summed E-state index contributed by atoms with van der Waals surface area (Å²) in [7, 11) is -3.78. The van der Waals surface area contributed by atoms with E-state index in [0.29, 0.717) is 22.7 Å². The molecule has 2 aromatic carbocycles. The molecule has 0 aliphatic carbocycles. The Balaban J connectivity index is 2.50. The molecule has 0 saturated carbocycles. The van der Waals surface area contributed by atoms with Crippen molar-refractivity contribution in [1.29, 1.82) is 0 Å². The fourth-order valence-electron chi connectivity index (χ4n) is 3.69. The van der Waals surface area contributed by atoms with E-state index in [4.69, 9.17) is 11.6 Å². The van der Waals surface area contributed by atoms with Crippen molar-refractivity contribution in [2.45, 2.75) is 59.7 Å². The number of carbonyl (C=O) groups excluding carboxylic acids is 2. The molecule has 7 nitrogen and oxygen atoms in total. The fraction of sp³-hybridized carbons (Fsp3) is 0.440. The largest absolute Gasteiger partial charge is 0.352 e. The van der Waals surface area contributed by atoms with Crippen LogP contribution >= 0.6 is 11.6 Å². The number of benzene rings is 2. The smallest absolute Gasteiger partial charge is 0.244 e. The monoisotopic (exact) mass is 507 g/mol. The van der Waals surface area contributed by atoms with Crippen molar-refractivity contribution in [3.05, 3.63) is 64.2 Å². The molecule has 0 bridgehead atoms. The van der Waals surface area contributed by atoms with Crippen LogP contribution in [0.4, 0.5) is 5.69 Å². The third-order valence-electron chi connectivity index (χ3n) is 5.43. The van der Waals surface area contributed by atoms with Crippen LogP contribution in [0, 0.1) is 13.8 Å². The molecule has 2 aromatic rings. The summed E-state index contributed by atoms with van der Waals surface area (Å²) in [6, 6.07) is 11.6. The lowest BCUT2D eigenvalue weighted by Gasteiger charge is -2.33. The van der Waals surface area contributed by atoms with E-state index >= 15 is 0 Å². The van der Waals surface area contributed by atoms with Gasteiger partial charge < -0.3 is 10.2 Å². The molecule has 0 radical (unpaired) electrons. The van der Waals surface area contributed by atoms with Gasteiger partial charge in [0.15, 0.2) is 0 Å². The zero-order chi connectivity index (χ0) is 25.6. The maximum Gasteiger partial charge on any atom is 0.244 e. The molecular formula is C25H34ClN3O4S. The molecule has 0 unspecified atom stereocenters. The van der Waals surface area contributed by atoms with E-state index in [9.17, 15) is 18.0 Å². The van der Waals surface area contributed by atoms with Gasteiger partial charge in [0, 0.05) is 17.6 Å². The van der Waals surface area contributed by atoms with Gasteiger partial charge in [-0.2, -0.15) is 0 Å². The third kappa shape index (κ3) is 7.21. The summed E-state index contributed by atoms with van der Waals surface area (Å²) < 4.78 is 26.6. The Labute approximate surface area is 208 Å². The lowest BCUT2D eigenvalue weighted by Crippen LogP contribution is -2.53. The number of amides is 2. The Morgan fingerprint density at radius 1 is 1.09 bits per heavy atom. The predicted octanol–water partition coefficient (Wildman–Crippen LogP) is 4.05. The van der Waals surface area contributed by atoms with Gasteiger partial charge >= 0.3 is 0 Å². The number of sulfonamides is 1. The van der Waals surface area contributed by atoms with Crippen molar-refractivity contribution in [2.24, 2.45) is 0 Å². The highest BCUT2D eigenvalue weighted by Gasteiger charge is 2.32. The first-order valence-electron chi connectivity index (χ1n) is 11.2. The molecule has 0 heterocycles. The number of aryl methyl sites for hydroxylation is 2. The third-order valence-corrected chi connectivity index (χ3v) is 6.92. The molecule has 2 amide bonds. The summed E-state index contributed by atoms with van der Waals surface area (Å²) in [5.41, 5.74) is 2.71. The van der Waals surface area contributed by atoms with Gasteiger partial charge in [0.1, 0.15) is 12.6 Å². The molecule has 0 aromatic heterocycles. The lowest BCUT2D eigenvalue weighted by atomic mass is 10.1. The van der Waals surface area contributed by atoms with Crippen LogP contribution in [0.1, 0.15) is 43.9 Å². The molecule has 0 saturated heterocycles. The van der Waals surface area contributed by atoms with Gasteiger partial charge in [0.25, 0.3) is 0 Å². The average molecular weight is 508 g/mol. The normalized spacial score (nSPS) is 12.4. The SMILES string of the molecule is CC[C@H](C(=O)NC(C)C)N(Cc1ccccc1Cl)C(=O)CN(c1cc(C)ccc1C)S(C)(=O)=O. The van der Waals surface area contributed by atoms with Gasteiger partial charge in [0.05, 0.1) is 11.9 Å². The zero-order valence-electron chi connectivity index (χ0n) is 20.6. The fourth-order valence-corrected chi connectivity index (χ4v) is 4.79. The van der Waals surface area contributed by atoms with E-state index in [-0.39, 0.29) is 18.5 Å². The first-order chi connectivity index (χ1) is 15.8. The summed E-state index contributed by atoms with van der Waals surface area (Å²) in [6.45, 7) is 8.80. The summed E-state index contributed by atoms with van der Waals surface area (Å²) in [6.07, 6.45) is 1.43. The van der Waals surface area contributed by atoms with Crippen LogP contribution in [0.5, 0.6) is 0 Å². The Bertz CT molecular complexity index is 1130. The molecule has 186 valence electrons. The maximum absolute atomic E-state index is 13.7. The molecule has 0 fully saturated rings. The van der Waals surface area contributed by atoms with Crippen LogP contribution in [0.25, 0.3) is 0 Å². The van der Waals surface area contributed by atoms with Crippen molar-refractivity contribution in [2.75, 3.05) is 17.1 Å². The number of halogens is 1. The molecular weight excluding hydrogens is 474 g/mol. The standard InChI is InChI=1S/C25H34ClN3O4S/c1-7-22(25(31)27-17(2)3)28(15-20-10-8-9-11-21(20)26)24(30)16-29(34(6,32)33)23-14-18(4)12-13-19(23)5/h8-14,17,22H,7,15-16H2,1-6H3,(H,27,31)/t22-/m1/s1. The van der Waals surface area contributed by atoms with Crippen molar-refractivity contribution in [1.82, 2.24) is 10.2 Å². The number of anilines is 1. The highest BCUT2D eigenvalue weighted by atomic mass is 35.5. The van der Waals surface area contributed by atoms with Gasteiger partial charge in [-0.15, -0.1) is 0 Å². The Hall–Kier alpha value is -2.58. The van der Waals surface area contributed by atoms with Crippen LogP contribution < -0.4 is 9.62 Å². The lowest BCUT2D eigenvalue weighted by molar-refractivity contribution is -0.140. The minimum atomic E-state index is -3.78. The van der Waals surface area contributed by atoms with E-state index in [1.54, 1.807) is 37.3 Å². The molecule has 1 atom stereocenters. The zero-order valence-corrected chi connectivity index (χ0v) is 22.2. The number of carbonyl (C=O) groups is 2. The minimum absolute atomic E-state index is 0.0763. The first-order valence-corrected chi connectivity index (χ1v) is 13.5. The average Bonchev–Trinajstić information content (AvgIpc) is 2.73. The van der Waals surface area contributed by atoms with E-state index < -0.39 is 28.5 Å². The highest BCUT2D eigenvalue weighted by Crippen LogP contribution is 2.25. The van der Waals surface area contributed by atoms with Crippen molar-refractivity contribution in [3.63, 3.8) is 0 Å². The van der Waals surface area contributed by atoms with Gasteiger partial charge in [-0.25, -0.2) is 8.42 Å². The molecule has 0 aliphatic rings. The number of rotatable bonds is 10. The van der Waals surface area contributed by atoms with Crippen molar-refractivity contribution in [3.8, 4) is 0 Å². The molecule has 0 spiro atoms. The number of hydrogen-bond donors (Lipinski definition) is 1. The predicted molar refractivity (Wildman–Crippen MR) is 137 cm³/mol. The van der Waals surface area contributed by atoms with Gasteiger partial charge in [0.2, 0.25) is 21.8 Å². The Morgan fingerprint density at radius 2 is 1.74 bits per heavy atom. The second-order valence-corrected chi connectivity index (χ2v) is 11.1. The van der Waals surface area contributed by atoms with Crippen molar-refractivity contribution >= 4 is 39.1 Å². The van der Waals surface area contributed by atoms with Crippen LogP contribution in [0.2, 0.25) is 5.02 Å². The first kappa shape index (κ1) is 27.7. The van der Waals surface area contributed by atoms with E-state index in [1.165, 1.54) is 4.90 Å². The summed E-state index contributed by atoms with van der Waals surface area (Å²) >= 11 is 6.35. The Kier molecular flexibility index (Phi) is 9.53. The maximum atomic E-state index is 13.7. The summed E-state index contributed by atoms with van der Waals surface area (Å²) in [5.74, 6) is -0.785. The van der Waals surface area contributed by atoms with Gasteiger partial charge in [-0.1, -0.05) is 48.9 Å². The highest BCUT2D eigenvalue weighted by molar-refractivity contribution is 7.92. The number of nitrogens with zero attached hydrogens (tertiary/aromatic N) is 2. The summed E-state index contributed by atoms with van der Waals surface area (Å²) in [5, 5.41) is 3.33. The van der Waals surface area contributed by atoms with E-state index in [2.05, 4.69) is 5.32 Å². The van der Waals surface area contributed by atoms with Crippen LogP contribution in [0.3, 0.4) is 0 Å². The van der Waals surface area contributed by atoms with Gasteiger partial charge in [-0.3, -0.25) is 13.9 Å².